The lowest BCUT2D eigenvalue weighted by Gasteiger charge is -2.36. The van der Waals surface area contributed by atoms with Gasteiger partial charge in [0.15, 0.2) is 0 Å². The summed E-state index contributed by atoms with van der Waals surface area (Å²) in [6, 6.07) is 10.8. The average Bonchev–Trinajstić information content (AvgIpc) is 3.00. The molecule has 5 heteroatoms. The molecule has 0 amide bonds. The van der Waals surface area contributed by atoms with Crippen LogP contribution in [0.4, 0.5) is 5.69 Å². The topological polar surface area (TPSA) is 45.4 Å². The lowest BCUT2D eigenvalue weighted by Crippen LogP contribution is -2.46. The summed E-state index contributed by atoms with van der Waals surface area (Å²) >= 11 is 0. The molecular weight excluding hydrogens is 336 g/mol. The van der Waals surface area contributed by atoms with Crippen LogP contribution < -0.4 is 4.90 Å². The zero-order chi connectivity index (χ0) is 18.8. The average molecular weight is 364 g/mol. The number of aromatic nitrogens is 2. The van der Waals surface area contributed by atoms with E-state index in [0.717, 1.165) is 62.5 Å². The molecule has 0 aliphatic carbocycles. The van der Waals surface area contributed by atoms with Crippen molar-refractivity contribution in [2.24, 2.45) is 0 Å². The summed E-state index contributed by atoms with van der Waals surface area (Å²) in [7, 11) is 0. The fourth-order valence-corrected chi connectivity index (χ4v) is 3.95. The van der Waals surface area contributed by atoms with Crippen molar-refractivity contribution in [2.45, 2.75) is 40.2 Å². The molecule has 0 N–H and O–H groups in total. The van der Waals surface area contributed by atoms with E-state index in [4.69, 9.17) is 9.51 Å². The second-order valence-electron chi connectivity index (χ2n) is 7.47. The number of para-hydroxylation sites is 1. The Labute approximate surface area is 161 Å². The summed E-state index contributed by atoms with van der Waals surface area (Å²) < 4.78 is 5.32. The minimum absolute atomic E-state index is 0.924. The van der Waals surface area contributed by atoms with E-state index < -0.39 is 0 Å². The first-order chi connectivity index (χ1) is 13.2. The number of pyridine rings is 1. The number of benzene rings is 1. The first-order valence-corrected chi connectivity index (χ1v) is 9.93. The van der Waals surface area contributed by atoms with E-state index in [0.29, 0.717) is 0 Å². The van der Waals surface area contributed by atoms with Crippen molar-refractivity contribution in [2.75, 3.05) is 31.1 Å². The molecule has 1 aliphatic rings. The molecule has 0 spiro atoms. The SMILES string of the molecule is CCCc1cc(N2CCN(Cc3c(C)noc3C)CC2)c2ccccc2n1. The zero-order valence-corrected chi connectivity index (χ0v) is 16.5. The van der Waals surface area contributed by atoms with Crippen LogP contribution in [0, 0.1) is 13.8 Å². The van der Waals surface area contributed by atoms with E-state index in [-0.39, 0.29) is 0 Å². The fraction of sp³-hybridized carbons (Fsp3) is 0.455. The molecule has 3 aromatic rings. The highest BCUT2D eigenvalue weighted by Crippen LogP contribution is 2.28. The van der Waals surface area contributed by atoms with E-state index in [9.17, 15) is 0 Å². The van der Waals surface area contributed by atoms with Crippen molar-refractivity contribution < 1.29 is 4.52 Å². The van der Waals surface area contributed by atoms with Gasteiger partial charge in [-0.15, -0.1) is 0 Å². The number of anilines is 1. The van der Waals surface area contributed by atoms with Gasteiger partial charge in [-0.25, -0.2) is 0 Å². The second-order valence-corrected chi connectivity index (χ2v) is 7.47. The summed E-state index contributed by atoms with van der Waals surface area (Å²) in [4.78, 5) is 9.87. The first-order valence-electron chi connectivity index (χ1n) is 9.93. The minimum atomic E-state index is 0.924. The summed E-state index contributed by atoms with van der Waals surface area (Å²) in [5.74, 6) is 0.944. The van der Waals surface area contributed by atoms with E-state index in [1.165, 1.54) is 22.3 Å². The van der Waals surface area contributed by atoms with E-state index in [1.807, 2.05) is 13.8 Å². The van der Waals surface area contributed by atoms with Gasteiger partial charge in [0.2, 0.25) is 0 Å². The molecule has 1 saturated heterocycles. The highest BCUT2D eigenvalue weighted by atomic mass is 16.5. The molecule has 0 saturated carbocycles. The Balaban J connectivity index is 1.52. The first kappa shape index (κ1) is 18.0. The largest absolute Gasteiger partial charge is 0.368 e. The highest BCUT2D eigenvalue weighted by molar-refractivity contribution is 5.92. The van der Waals surface area contributed by atoms with Crippen LogP contribution in [0.5, 0.6) is 0 Å². The smallest absolute Gasteiger partial charge is 0.138 e. The van der Waals surface area contributed by atoms with Crippen molar-refractivity contribution in [3.63, 3.8) is 0 Å². The molecule has 1 fully saturated rings. The number of hydrogen-bond donors (Lipinski definition) is 0. The summed E-state index contributed by atoms with van der Waals surface area (Å²) in [6.07, 6.45) is 2.15. The van der Waals surface area contributed by atoms with Gasteiger partial charge in [-0.3, -0.25) is 9.88 Å². The molecule has 0 unspecified atom stereocenters. The maximum atomic E-state index is 5.32. The molecule has 4 rings (SSSR count). The van der Waals surface area contributed by atoms with Crippen LogP contribution in [0.25, 0.3) is 10.9 Å². The Kier molecular flexibility index (Phi) is 5.12. The molecule has 1 aromatic carbocycles. The van der Waals surface area contributed by atoms with Crippen LogP contribution >= 0.6 is 0 Å². The van der Waals surface area contributed by atoms with Gasteiger partial charge < -0.3 is 9.42 Å². The Morgan fingerprint density at radius 1 is 1.07 bits per heavy atom. The second kappa shape index (κ2) is 7.69. The van der Waals surface area contributed by atoms with Crippen LogP contribution in [0.3, 0.4) is 0 Å². The van der Waals surface area contributed by atoms with E-state index in [1.54, 1.807) is 0 Å². The fourth-order valence-electron chi connectivity index (χ4n) is 3.95. The predicted molar refractivity (Wildman–Crippen MR) is 109 cm³/mol. The van der Waals surface area contributed by atoms with Crippen LogP contribution in [0.2, 0.25) is 0 Å². The van der Waals surface area contributed by atoms with E-state index >= 15 is 0 Å². The predicted octanol–water partition coefficient (Wildman–Crippen LogP) is 4.11. The molecule has 0 radical (unpaired) electrons. The minimum Gasteiger partial charge on any atom is -0.368 e. The van der Waals surface area contributed by atoms with E-state index in [2.05, 4.69) is 52.2 Å². The third kappa shape index (κ3) is 3.69. The number of aryl methyl sites for hydroxylation is 3. The van der Waals surface area contributed by atoms with Crippen LogP contribution in [-0.4, -0.2) is 41.2 Å². The van der Waals surface area contributed by atoms with Gasteiger partial charge in [0.05, 0.1) is 11.2 Å². The normalized spacial score (nSPS) is 15.6. The van der Waals surface area contributed by atoms with Crippen molar-refractivity contribution in [3.8, 4) is 0 Å². The Morgan fingerprint density at radius 2 is 1.85 bits per heavy atom. The number of hydrogen-bond acceptors (Lipinski definition) is 5. The van der Waals surface area contributed by atoms with Crippen molar-refractivity contribution >= 4 is 16.6 Å². The van der Waals surface area contributed by atoms with Gasteiger partial charge >= 0.3 is 0 Å². The number of piperazine rings is 1. The van der Waals surface area contributed by atoms with Gasteiger partial charge in [-0.2, -0.15) is 0 Å². The molecule has 0 bridgehead atoms. The number of fused-ring (bicyclic) bond motifs is 1. The third-order valence-corrected chi connectivity index (χ3v) is 5.53. The summed E-state index contributed by atoms with van der Waals surface area (Å²) in [5.41, 5.74) is 5.89. The summed E-state index contributed by atoms with van der Waals surface area (Å²) in [6.45, 7) is 11.3. The lowest BCUT2D eigenvalue weighted by molar-refractivity contribution is 0.248. The van der Waals surface area contributed by atoms with Gasteiger partial charge in [0, 0.05) is 55.1 Å². The molecule has 1 aliphatic heterocycles. The molecule has 2 aromatic heterocycles. The van der Waals surface area contributed by atoms with Crippen LogP contribution in [-0.2, 0) is 13.0 Å². The lowest BCUT2D eigenvalue weighted by atomic mass is 10.1. The maximum Gasteiger partial charge on any atom is 0.138 e. The molecule has 27 heavy (non-hydrogen) atoms. The monoisotopic (exact) mass is 364 g/mol. The molecular formula is C22H28N4O. The third-order valence-electron chi connectivity index (χ3n) is 5.53. The van der Waals surface area contributed by atoms with Gasteiger partial charge in [0.1, 0.15) is 5.76 Å². The number of nitrogens with zero attached hydrogens (tertiary/aromatic N) is 4. The van der Waals surface area contributed by atoms with Gasteiger partial charge in [0.25, 0.3) is 0 Å². The summed E-state index contributed by atoms with van der Waals surface area (Å²) in [5, 5.41) is 5.35. The van der Waals surface area contributed by atoms with Crippen molar-refractivity contribution in [3.05, 3.63) is 53.0 Å². The Bertz CT molecular complexity index is 906. The van der Waals surface area contributed by atoms with Gasteiger partial charge in [-0.1, -0.05) is 36.7 Å². The highest BCUT2D eigenvalue weighted by Gasteiger charge is 2.21. The molecule has 5 nitrogen and oxygen atoms in total. The quantitative estimate of drug-likeness (QED) is 0.682. The van der Waals surface area contributed by atoms with Crippen molar-refractivity contribution in [1.29, 1.82) is 0 Å². The zero-order valence-electron chi connectivity index (χ0n) is 16.5. The standard InChI is InChI=1S/C22H28N4O/c1-4-7-18-14-22(19-8-5-6-9-21(19)23-18)26-12-10-25(11-13-26)15-20-16(2)24-27-17(20)3/h5-6,8-9,14H,4,7,10-13,15H2,1-3H3. The van der Waals surface area contributed by atoms with Crippen LogP contribution in [0.15, 0.2) is 34.9 Å². The molecule has 0 atom stereocenters. The van der Waals surface area contributed by atoms with Gasteiger partial charge in [-0.05, 0) is 32.4 Å². The van der Waals surface area contributed by atoms with Crippen LogP contribution in [0.1, 0.15) is 36.1 Å². The molecule has 3 heterocycles. The number of rotatable bonds is 5. The Morgan fingerprint density at radius 3 is 2.56 bits per heavy atom. The maximum absolute atomic E-state index is 5.32. The Hall–Kier alpha value is -2.40. The molecule has 142 valence electrons. The van der Waals surface area contributed by atoms with Crippen molar-refractivity contribution in [1.82, 2.24) is 15.0 Å².